The van der Waals surface area contributed by atoms with Crippen LogP contribution in [0.5, 0.6) is 0 Å². The zero-order valence-corrected chi connectivity index (χ0v) is 17.8. The second-order valence-electron chi connectivity index (χ2n) is 6.25. The number of hydrogen-bond acceptors (Lipinski definition) is 7. The van der Waals surface area contributed by atoms with Gasteiger partial charge in [-0.15, -0.1) is 11.3 Å². The molecule has 4 aromatic rings. The van der Waals surface area contributed by atoms with Crippen molar-refractivity contribution in [2.45, 2.75) is 5.16 Å². The number of amides is 1. The van der Waals surface area contributed by atoms with Crippen molar-refractivity contribution in [1.29, 1.82) is 0 Å². The lowest BCUT2D eigenvalue weighted by molar-refractivity contribution is -0.384. The number of carbonyl (C=O) groups is 1. The lowest BCUT2D eigenvalue weighted by atomic mass is 10.1. The van der Waals surface area contributed by atoms with Gasteiger partial charge in [0.1, 0.15) is 0 Å². The molecule has 31 heavy (non-hydrogen) atoms. The number of non-ortho nitro benzene ring substituents is 1. The molecular formula is C21H15N5O3S2. The van der Waals surface area contributed by atoms with Gasteiger partial charge in [-0.05, 0) is 36.1 Å². The van der Waals surface area contributed by atoms with Gasteiger partial charge >= 0.3 is 0 Å². The lowest BCUT2D eigenvalue weighted by Crippen LogP contribution is -2.17. The van der Waals surface area contributed by atoms with E-state index in [0.29, 0.717) is 21.2 Å². The number of nitrogens with zero attached hydrogens (tertiary/aromatic N) is 5. The van der Waals surface area contributed by atoms with Gasteiger partial charge in [0.2, 0.25) is 0 Å². The molecule has 0 saturated heterocycles. The Morgan fingerprint density at radius 2 is 1.77 bits per heavy atom. The van der Waals surface area contributed by atoms with Gasteiger partial charge in [0.15, 0.2) is 9.96 Å². The molecule has 0 saturated carbocycles. The maximum atomic E-state index is 12.7. The number of thiazole rings is 1. The van der Waals surface area contributed by atoms with Crippen molar-refractivity contribution >= 4 is 34.7 Å². The molecule has 10 heteroatoms. The smallest absolute Gasteiger partial charge is 0.279 e. The van der Waals surface area contributed by atoms with Crippen LogP contribution in [-0.2, 0) is 0 Å². The molecule has 8 nitrogen and oxygen atoms in total. The van der Waals surface area contributed by atoms with Crippen LogP contribution in [0, 0.1) is 10.1 Å². The molecule has 2 heterocycles. The molecule has 2 aromatic carbocycles. The minimum absolute atomic E-state index is 0.00218. The molecule has 0 N–H and O–H groups in total. The van der Waals surface area contributed by atoms with Crippen LogP contribution in [0.25, 0.3) is 16.9 Å². The van der Waals surface area contributed by atoms with Gasteiger partial charge in [0.05, 0.1) is 28.7 Å². The third-order valence-electron chi connectivity index (χ3n) is 4.36. The molecule has 4 rings (SSSR count). The first kappa shape index (κ1) is 20.6. The predicted octanol–water partition coefficient (Wildman–Crippen LogP) is 4.37. The monoisotopic (exact) mass is 449 g/mol. The summed E-state index contributed by atoms with van der Waals surface area (Å²) in [5.41, 5.74) is 2.58. The highest BCUT2D eigenvalue weighted by atomic mass is 32.2. The van der Waals surface area contributed by atoms with Crippen LogP contribution in [0.4, 0.5) is 5.69 Å². The van der Waals surface area contributed by atoms with Crippen LogP contribution in [0.3, 0.4) is 0 Å². The zero-order valence-electron chi connectivity index (χ0n) is 16.2. The molecular weight excluding hydrogens is 434 g/mol. The number of rotatable bonds is 5. The van der Waals surface area contributed by atoms with Crippen molar-refractivity contribution in [2.24, 2.45) is 4.99 Å². The molecule has 154 valence electrons. The summed E-state index contributed by atoms with van der Waals surface area (Å²) in [5, 5.41) is 13.5. The Kier molecular flexibility index (Phi) is 6.01. The molecule has 0 spiro atoms. The largest absolute Gasteiger partial charge is 0.282 e. The van der Waals surface area contributed by atoms with Crippen LogP contribution in [0.15, 0.2) is 82.5 Å². The quantitative estimate of drug-likeness (QED) is 0.194. The van der Waals surface area contributed by atoms with E-state index in [0.717, 1.165) is 11.3 Å². The maximum Gasteiger partial charge on any atom is 0.279 e. The molecule has 0 unspecified atom stereocenters. The minimum Gasteiger partial charge on any atom is -0.282 e. The van der Waals surface area contributed by atoms with Gasteiger partial charge in [0.25, 0.3) is 11.6 Å². The predicted molar refractivity (Wildman–Crippen MR) is 119 cm³/mol. The van der Waals surface area contributed by atoms with E-state index >= 15 is 0 Å². The van der Waals surface area contributed by atoms with E-state index < -0.39 is 4.92 Å². The standard InChI is InChI=1S/C21H15N5O3S2/c1-30-20-22-11-17(12-23-20)25-18(14-7-9-16(10-8-14)26(28)29)13-31-21(25)24-19(27)15-5-3-2-4-6-15/h2-13H,1H3. The molecule has 0 atom stereocenters. The van der Waals surface area contributed by atoms with Crippen molar-refractivity contribution in [3.8, 4) is 16.9 Å². The second-order valence-corrected chi connectivity index (χ2v) is 7.86. The Balaban J connectivity index is 1.86. The summed E-state index contributed by atoms with van der Waals surface area (Å²) in [5.74, 6) is -0.367. The van der Waals surface area contributed by atoms with Crippen LogP contribution >= 0.6 is 23.1 Å². The third kappa shape index (κ3) is 4.44. The fourth-order valence-electron chi connectivity index (χ4n) is 2.86. The molecule has 0 radical (unpaired) electrons. The van der Waals surface area contributed by atoms with E-state index in [9.17, 15) is 14.9 Å². The molecule has 0 aliphatic rings. The van der Waals surface area contributed by atoms with Gasteiger partial charge in [-0.2, -0.15) is 4.99 Å². The van der Waals surface area contributed by atoms with Gasteiger partial charge < -0.3 is 0 Å². The van der Waals surface area contributed by atoms with Crippen molar-refractivity contribution in [3.05, 3.63) is 92.9 Å². The minimum atomic E-state index is -0.445. The third-order valence-corrected chi connectivity index (χ3v) is 5.76. The number of benzene rings is 2. The lowest BCUT2D eigenvalue weighted by Gasteiger charge is -2.09. The van der Waals surface area contributed by atoms with Gasteiger partial charge in [-0.1, -0.05) is 30.0 Å². The SMILES string of the molecule is CSc1ncc(-n2c(-c3ccc([N+](=O)[O-])cc3)csc2=NC(=O)c2ccccc2)cn1. The fourth-order valence-corrected chi connectivity index (χ4v) is 4.08. The van der Waals surface area contributed by atoms with E-state index in [1.165, 1.54) is 35.2 Å². The van der Waals surface area contributed by atoms with Crippen LogP contribution in [0.2, 0.25) is 0 Å². The highest BCUT2D eigenvalue weighted by molar-refractivity contribution is 7.98. The Bertz CT molecular complexity index is 1300. The number of nitro groups is 1. The number of nitro benzene ring substituents is 1. The Labute approximate surface area is 185 Å². The maximum absolute atomic E-state index is 12.7. The molecule has 0 aliphatic carbocycles. The number of hydrogen-bond donors (Lipinski definition) is 0. The average molecular weight is 450 g/mol. The summed E-state index contributed by atoms with van der Waals surface area (Å²) >= 11 is 2.71. The van der Waals surface area contributed by atoms with Crippen LogP contribution in [0.1, 0.15) is 10.4 Å². The normalized spacial score (nSPS) is 11.5. The van der Waals surface area contributed by atoms with Crippen molar-refractivity contribution in [3.63, 3.8) is 0 Å². The van der Waals surface area contributed by atoms with Crippen LogP contribution in [-0.4, -0.2) is 31.6 Å². The summed E-state index contributed by atoms with van der Waals surface area (Å²) in [7, 11) is 0. The molecule has 1 amide bonds. The summed E-state index contributed by atoms with van der Waals surface area (Å²) in [6.07, 6.45) is 5.20. The first-order valence-corrected chi connectivity index (χ1v) is 11.1. The number of aromatic nitrogens is 3. The Hall–Kier alpha value is -3.63. The van der Waals surface area contributed by atoms with Gasteiger partial charge in [-0.25, -0.2) is 9.97 Å². The highest BCUT2D eigenvalue weighted by Gasteiger charge is 2.14. The van der Waals surface area contributed by atoms with E-state index in [2.05, 4.69) is 15.0 Å². The first-order chi connectivity index (χ1) is 15.1. The summed E-state index contributed by atoms with van der Waals surface area (Å²) in [6.45, 7) is 0. The number of thioether (sulfide) groups is 1. The van der Waals surface area contributed by atoms with Crippen molar-refractivity contribution in [2.75, 3.05) is 6.26 Å². The van der Waals surface area contributed by atoms with E-state index in [1.807, 2.05) is 17.7 Å². The summed E-state index contributed by atoms with van der Waals surface area (Å²) in [4.78, 5) is 36.6. The average Bonchev–Trinajstić information content (AvgIpc) is 3.23. The second kappa shape index (κ2) is 9.02. The molecule has 0 aliphatic heterocycles. The zero-order chi connectivity index (χ0) is 21.8. The van der Waals surface area contributed by atoms with Crippen LogP contribution < -0.4 is 4.80 Å². The fraction of sp³-hybridized carbons (Fsp3) is 0.0476. The van der Waals surface area contributed by atoms with Crippen molar-refractivity contribution < 1.29 is 9.72 Å². The number of carbonyl (C=O) groups excluding carboxylic acids is 1. The summed E-state index contributed by atoms with van der Waals surface area (Å²) in [6, 6.07) is 15.0. The van der Waals surface area contributed by atoms with E-state index in [4.69, 9.17) is 0 Å². The van der Waals surface area contributed by atoms with Crippen molar-refractivity contribution in [1.82, 2.24) is 14.5 Å². The summed E-state index contributed by atoms with van der Waals surface area (Å²) < 4.78 is 1.77. The molecule has 0 bridgehead atoms. The van der Waals surface area contributed by atoms with Gasteiger partial charge in [-0.3, -0.25) is 19.5 Å². The topological polar surface area (TPSA) is 103 Å². The van der Waals surface area contributed by atoms with Gasteiger partial charge in [0, 0.05) is 23.1 Å². The van der Waals surface area contributed by atoms with E-state index in [1.54, 1.807) is 53.4 Å². The molecule has 0 fully saturated rings. The Morgan fingerprint density at radius 1 is 1.10 bits per heavy atom. The van der Waals surface area contributed by atoms with E-state index in [-0.39, 0.29) is 11.6 Å². The Morgan fingerprint density at radius 3 is 2.39 bits per heavy atom. The highest BCUT2D eigenvalue weighted by Crippen LogP contribution is 2.25. The molecule has 2 aromatic heterocycles. The first-order valence-electron chi connectivity index (χ1n) is 9.02.